The van der Waals surface area contributed by atoms with Crippen molar-refractivity contribution >= 4 is 46.3 Å². The fraction of sp³-hybridized carbons (Fsp3) is 0.435. The standard InChI is InChI=1S/C23H25ClN4OS2/c1-14(17-12-15-8-9-16(17)11-15)28-22(20-7-4-10-30-20)26-27-23(28)31-13-21(29)25-19-6-3-2-5-18(19)24/h2-7,10,14-17H,8-9,11-13H2,1H3,(H,25,29)/t14-,15+,16+,17-/m0/s1. The Morgan fingerprint density at radius 2 is 2.13 bits per heavy atom. The highest BCUT2D eigenvalue weighted by Crippen LogP contribution is 2.53. The summed E-state index contributed by atoms with van der Waals surface area (Å²) in [5, 5.41) is 15.4. The van der Waals surface area contributed by atoms with Crippen molar-refractivity contribution in [2.75, 3.05) is 11.1 Å². The van der Waals surface area contributed by atoms with Crippen LogP contribution in [0.15, 0.2) is 46.9 Å². The van der Waals surface area contributed by atoms with Crippen LogP contribution in [0, 0.1) is 17.8 Å². The lowest BCUT2D eigenvalue weighted by atomic mass is 9.84. The van der Waals surface area contributed by atoms with Crippen molar-refractivity contribution in [3.63, 3.8) is 0 Å². The van der Waals surface area contributed by atoms with E-state index in [9.17, 15) is 4.79 Å². The van der Waals surface area contributed by atoms with E-state index in [0.29, 0.717) is 22.7 Å². The van der Waals surface area contributed by atoms with E-state index in [1.165, 1.54) is 37.4 Å². The van der Waals surface area contributed by atoms with E-state index in [2.05, 4.69) is 38.5 Å². The van der Waals surface area contributed by atoms with Crippen LogP contribution in [0.4, 0.5) is 5.69 Å². The molecule has 2 fully saturated rings. The maximum atomic E-state index is 12.6. The lowest BCUT2D eigenvalue weighted by Gasteiger charge is -2.30. The summed E-state index contributed by atoms with van der Waals surface area (Å²) < 4.78 is 2.28. The molecule has 3 aromatic rings. The number of para-hydroxylation sites is 1. The zero-order valence-corrected chi connectivity index (χ0v) is 19.7. The molecule has 8 heteroatoms. The third kappa shape index (κ3) is 4.28. The minimum Gasteiger partial charge on any atom is -0.324 e. The molecule has 5 nitrogen and oxygen atoms in total. The molecule has 1 N–H and O–H groups in total. The Morgan fingerprint density at radius 1 is 1.26 bits per heavy atom. The molecule has 4 atom stereocenters. The van der Waals surface area contributed by atoms with E-state index in [0.717, 1.165) is 27.7 Å². The van der Waals surface area contributed by atoms with Crippen LogP contribution in [-0.2, 0) is 4.79 Å². The SMILES string of the molecule is C[C@@H]([C@@H]1C[C@@H]2CC[C@@H]1C2)n1c(SCC(=O)Nc2ccccc2Cl)nnc1-c1cccs1. The summed E-state index contributed by atoms with van der Waals surface area (Å²) in [6.45, 7) is 2.31. The predicted molar refractivity (Wildman–Crippen MR) is 128 cm³/mol. The maximum Gasteiger partial charge on any atom is 0.234 e. The fourth-order valence-corrected chi connectivity index (χ4v) is 6.98. The van der Waals surface area contributed by atoms with Crippen LogP contribution in [0.25, 0.3) is 10.7 Å². The molecule has 1 aromatic carbocycles. The molecule has 5 rings (SSSR count). The molecule has 0 unspecified atom stereocenters. The summed E-state index contributed by atoms with van der Waals surface area (Å²) in [7, 11) is 0. The minimum absolute atomic E-state index is 0.0992. The van der Waals surface area contributed by atoms with Crippen molar-refractivity contribution in [3.05, 3.63) is 46.8 Å². The molecule has 31 heavy (non-hydrogen) atoms. The number of thiophene rings is 1. The Bertz CT molecular complexity index is 1070. The van der Waals surface area contributed by atoms with Gasteiger partial charge in [0.05, 0.1) is 21.3 Å². The number of carbonyl (C=O) groups excluding carboxylic acids is 1. The van der Waals surface area contributed by atoms with Gasteiger partial charge in [0.15, 0.2) is 11.0 Å². The smallest absolute Gasteiger partial charge is 0.234 e. The molecule has 162 valence electrons. The number of fused-ring (bicyclic) bond motifs is 2. The zero-order valence-electron chi connectivity index (χ0n) is 17.3. The molecule has 2 aliphatic carbocycles. The predicted octanol–water partition coefficient (Wildman–Crippen LogP) is 6.39. The summed E-state index contributed by atoms with van der Waals surface area (Å²) in [6.07, 6.45) is 5.40. The van der Waals surface area contributed by atoms with Gasteiger partial charge in [-0.25, -0.2) is 0 Å². The normalized spacial score (nSPS) is 23.2. The van der Waals surface area contributed by atoms with Crippen LogP contribution in [0.2, 0.25) is 5.02 Å². The van der Waals surface area contributed by atoms with Gasteiger partial charge in [0, 0.05) is 6.04 Å². The minimum atomic E-state index is -0.0992. The second kappa shape index (κ2) is 8.96. The summed E-state index contributed by atoms with van der Waals surface area (Å²) in [5.74, 6) is 3.43. The first-order valence-corrected chi connectivity index (χ1v) is 13.0. The number of anilines is 1. The number of halogens is 1. The van der Waals surface area contributed by atoms with Crippen LogP contribution in [0.3, 0.4) is 0 Å². The average Bonchev–Trinajstić information content (AvgIpc) is 3.57. The van der Waals surface area contributed by atoms with Crippen molar-refractivity contribution in [3.8, 4) is 10.7 Å². The number of thioether (sulfide) groups is 1. The van der Waals surface area contributed by atoms with Crippen LogP contribution >= 0.6 is 34.7 Å². The second-order valence-electron chi connectivity index (χ2n) is 8.55. The fourth-order valence-electron chi connectivity index (χ4n) is 5.27. The molecule has 2 saturated carbocycles. The molecule has 0 radical (unpaired) electrons. The van der Waals surface area contributed by atoms with Crippen molar-refractivity contribution in [2.24, 2.45) is 17.8 Å². The third-order valence-electron chi connectivity index (χ3n) is 6.71. The number of benzene rings is 1. The lowest BCUT2D eigenvalue weighted by molar-refractivity contribution is -0.113. The first-order chi connectivity index (χ1) is 15.1. The zero-order chi connectivity index (χ0) is 21.4. The van der Waals surface area contributed by atoms with Gasteiger partial charge < -0.3 is 5.32 Å². The highest BCUT2D eigenvalue weighted by atomic mass is 35.5. The molecule has 0 aliphatic heterocycles. The summed E-state index contributed by atoms with van der Waals surface area (Å²) >= 11 is 9.29. The van der Waals surface area contributed by atoms with Crippen LogP contribution in [-0.4, -0.2) is 26.4 Å². The van der Waals surface area contributed by atoms with E-state index in [1.807, 2.05) is 18.2 Å². The number of rotatable bonds is 7. The topological polar surface area (TPSA) is 59.8 Å². The quantitative estimate of drug-likeness (QED) is 0.405. The molecule has 2 bridgehead atoms. The summed E-state index contributed by atoms with van der Waals surface area (Å²) in [5.41, 5.74) is 0.630. The Labute approximate surface area is 195 Å². The number of amides is 1. The molecule has 2 aromatic heterocycles. The van der Waals surface area contributed by atoms with Gasteiger partial charge in [-0.3, -0.25) is 9.36 Å². The monoisotopic (exact) mass is 472 g/mol. The first-order valence-electron chi connectivity index (χ1n) is 10.8. The third-order valence-corrected chi connectivity index (χ3v) is 8.84. The van der Waals surface area contributed by atoms with Gasteiger partial charge in [-0.1, -0.05) is 48.0 Å². The Hall–Kier alpha value is -1.83. The molecular formula is C23H25ClN4OS2. The molecular weight excluding hydrogens is 448 g/mol. The van der Waals surface area contributed by atoms with E-state index in [-0.39, 0.29) is 11.7 Å². The molecule has 0 saturated heterocycles. The summed E-state index contributed by atoms with van der Waals surface area (Å²) in [4.78, 5) is 13.7. The van der Waals surface area contributed by atoms with Crippen molar-refractivity contribution in [2.45, 2.75) is 43.8 Å². The maximum absolute atomic E-state index is 12.6. The number of aromatic nitrogens is 3. The Balaban J connectivity index is 1.36. The van der Waals surface area contributed by atoms with Gasteiger partial charge in [-0.05, 0) is 67.5 Å². The largest absolute Gasteiger partial charge is 0.324 e. The van der Waals surface area contributed by atoms with E-state index < -0.39 is 0 Å². The van der Waals surface area contributed by atoms with Gasteiger partial charge in [0.1, 0.15) is 0 Å². The van der Waals surface area contributed by atoms with E-state index in [4.69, 9.17) is 11.6 Å². The number of hydrogen-bond acceptors (Lipinski definition) is 5. The number of nitrogens with zero attached hydrogens (tertiary/aromatic N) is 3. The Kier molecular flexibility index (Phi) is 6.08. The highest BCUT2D eigenvalue weighted by Gasteiger charge is 2.43. The first kappa shape index (κ1) is 21.0. The van der Waals surface area contributed by atoms with Crippen LogP contribution in [0.5, 0.6) is 0 Å². The van der Waals surface area contributed by atoms with Crippen LogP contribution < -0.4 is 5.32 Å². The molecule has 2 heterocycles. The molecule has 0 spiro atoms. The summed E-state index contributed by atoms with van der Waals surface area (Å²) in [6, 6.07) is 11.7. The van der Waals surface area contributed by atoms with E-state index in [1.54, 1.807) is 23.5 Å². The average molecular weight is 473 g/mol. The van der Waals surface area contributed by atoms with Crippen molar-refractivity contribution < 1.29 is 4.79 Å². The highest BCUT2D eigenvalue weighted by molar-refractivity contribution is 7.99. The van der Waals surface area contributed by atoms with Gasteiger partial charge in [-0.2, -0.15) is 0 Å². The van der Waals surface area contributed by atoms with Crippen LogP contribution in [0.1, 0.15) is 38.6 Å². The Morgan fingerprint density at radius 3 is 2.84 bits per heavy atom. The van der Waals surface area contributed by atoms with E-state index >= 15 is 0 Å². The number of nitrogens with one attached hydrogen (secondary N) is 1. The second-order valence-corrected chi connectivity index (χ2v) is 10.8. The molecule has 2 aliphatic rings. The lowest BCUT2D eigenvalue weighted by Crippen LogP contribution is -2.23. The number of hydrogen-bond donors (Lipinski definition) is 1. The van der Waals surface area contributed by atoms with Gasteiger partial charge >= 0.3 is 0 Å². The van der Waals surface area contributed by atoms with Gasteiger partial charge in [-0.15, -0.1) is 21.5 Å². The van der Waals surface area contributed by atoms with Gasteiger partial charge in [0.25, 0.3) is 0 Å². The van der Waals surface area contributed by atoms with Crippen molar-refractivity contribution in [1.29, 1.82) is 0 Å². The van der Waals surface area contributed by atoms with Crippen molar-refractivity contribution in [1.82, 2.24) is 14.8 Å². The number of carbonyl (C=O) groups is 1. The molecule has 1 amide bonds. The van der Waals surface area contributed by atoms with Gasteiger partial charge in [0.2, 0.25) is 5.91 Å².